The lowest BCUT2D eigenvalue weighted by Gasteiger charge is -2.35. The van der Waals surface area contributed by atoms with Crippen LogP contribution in [0.5, 0.6) is 0 Å². The number of halogens is 1. The summed E-state index contributed by atoms with van der Waals surface area (Å²) >= 11 is 0. The molecular weight excluding hydrogens is 529 g/mol. The molecule has 8 nitrogen and oxygen atoms in total. The largest absolute Gasteiger partial charge is 0.379 e. The first-order valence-corrected chi connectivity index (χ1v) is 12.3. The summed E-state index contributed by atoms with van der Waals surface area (Å²) < 4.78 is 5.54. The van der Waals surface area contributed by atoms with E-state index in [-0.39, 0.29) is 24.0 Å². The summed E-state index contributed by atoms with van der Waals surface area (Å²) in [5.74, 6) is 2.59. The van der Waals surface area contributed by atoms with Gasteiger partial charge in [0.15, 0.2) is 5.96 Å². The van der Waals surface area contributed by atoms with Crippen LogP contribution < -0.4 is 15.5 Å². The molecule has 0 saturated carbocycles. The minimum absolute atomic E-state index is 0. The third-order valence-corrected chi connectivity index (χ3v) is 6.45. The molecule has 188 valence electrons. The van der Waals surface area contributed by atoms with Crippen molar-refractivity contribution in [1.29, 1.82) is 0 Å². The molecule has 2 aliphatic rings. The second-order valence-electron chi connectivity index (χ2n) is 9.18. The number of aliphatic imine (C=N–C) groups is 1. The highest BCUT2D eigenvalue weighted by molar-refractivity contribution is 14.0. The number of ether oxygens (including phenoxy) is 1. The monoisotopic (exact) mass is 573 g/mol. The quantitative estimate of drug-likeness (QED) is 0.267. The standard InChI is InChI=1S/C24H43N7O.HI/c1-5-29-8-10-31(11-9-29)23-17-21(6-7-26-23)18-27-24(25-4)28-19-22(16-20(2)3)30-12-14-32-15-13-30;/h6-7,17,20,22H,5,8-16,18-19H2,1-4H3,(H2,25,27,28);1H. The molecule has 1 aromatic rings. The smallest absolute Gasteiger partial charge is 0.191 e. The van der Waals surface area contributed by atoms with Crippen LogP contribution in [0, 0.1) is 5.92 Å². The molecule has 0 aromatic carbocycles. The maximum Gasteiger partial charge on any atom is 0.191 e. The first kappa shape index (κ1) is 28.1. The number of hydrogen-bond donors (Lipinski definition) is 2. The molecule has 1 unspecified atom stereocenters. The van der Waals surface area contributed by atoms with Crippen LogP contribution in [0.25, 0.3) is 0 Å². The number of pyridine rings is 1. The van der Waals surface area contributed by atoms with Crippen molar-refractivity contribution in [2.75, 3.05) is 77.5 Å². The Kier molecular flexibility index (Phi) is 12.7. The van der Waals surface area contributed by atoms with Gasteiger partial charge in [-0.05, 0) is 36.6 Å². The fourth-order valence-corrected chi connectivity index (χ4v) is 4.51. The highest BCUT2D eigenvalue weighted by atomic mass is 127. The van der Waals surface area contributed by atoms with E-state index in [2.05, 4.69) is 68.2 Å². The third kappa shape index (κ3) is 9.18. The van der Waals surface area contributed by atoms with Crippen LogP contribution in [0.2, 0.25) is 0 Å². The van der Waals surface area contributed by atoms with Crippen LogP contribution in [0.4, 0.5) is 5.82 Å². The maximum absolute atomic E-state index is 5.54. The van der Waals surface area contributed by atoms with Gasteiger partial charge in [-0.25, -0.2) is 4.98 Å². The molecule has 3 rings (SSSR count). The minimum Gasteiger partial charge on any atom is -0.379 e. The maximum atomic E-state index is 5.54. The van der Waals surface area contributed by atoms with Gasteiger partial charge in [-0.2, -0.15) is 0 Å². The summed E-state index contributed by atoms with van der Waals surface area (Å²) in [7, 11) is 1.84. The van der Waals surface area contributed by atoms with Crippen LogP contribution in [0.3, 0.4) is 0 Å². The first-order valence-electron chi connectivity index (χ1n) is 12.3. The first-order chi connectivity index (χ1) is 15.6. The minimum atomic E-state index is 0. The van der Waals surface area contributed by atoms with Gasteiger partial charge in [0, 0.05) is 71.6 Å². The Morgan fingerprint density at radius 2 is 1.85 bits per heavy atom. The molecule has 2 N–H and O–H groups in total. The Balaban J connectivity index is 0.00000385. The van der Waals surface area contributed by atoms with Gasteiger partial charge < -0.3 is 25.2 Å². The van der Waals surface area contributed by atoms with Gasteiger partial charge in [-0.3, -0.25) is 9.89 Å². The molecule has 3 heterocycles. The Hall–Kier alpha value is -1.17. The van der Waals surface area contributed by atoms with E-state index in [1.54, 1.807) is 0 Å². The molecule has 2 aliphatic heterocycles. The van der Waals surface area contributed by atoms with Crippen LogP contribution in [0.1, 0.15) is 32.8 Å². The molecular formula is C24H44IN7O. The second kappa shape index (κ2) is 15.0. The zero-order valence-electron chi connectivity index (χ0n) is 20.9. The summed E-state index contributed by atoms with van der Waals surface area (Å²) in [5.41, 5.74) is 1.22. The summed E-state index contributed by atoms with van der Waals surface area (Å²) in [6.45, 7) is 17.6. The number of piperazine rings is 1. The number of nitrogens with zero attached hydrogens (tertiary/aromatic N) is 5. The average molecular weight is 574 g/mol. The zero-order chi connectivity index (χ0) is 22.8. The summed E-state index contributed by atoms with van der Waals surface area (Å²) in [5, 5.41) is 7.04. The second-order valence-corrected chi connectivity index (χ2v) is 9.18. The highest BCUT2D eigenvalue weighted by Crippen LogP contribution is 2.15. The lowest BCUT2D eigenvalue weighted by atomic mass is 10.0. The molecule has 33 heavy (non-hydrogen) atoms. The fraction of sp³-hybridized carbons (Fsp3) is 0.750. The van der Waals surface area contributed by atoms with Gasteiger partial charge in [-0.15, -0.1) is 24.0 Å². The summed E-state index contributed by atoms with van der Waals surface area (Å²) in [6.07, 6.45) is 3.09. The van der Waals surface area contributed by atoms with E-state index in [1.165, 1.54) is 12.0 Å². The lowest BCUT2D eigenvalue weighted by molar-refractivity contribution is 0.0132. The number of aromatic nitrogens is 1. The molecule has 0 bridgehead atoms. The van der Waals surface area contributed by atoms with Crippen molar-refractivity contribution in [3.8, 4) is 0 Å². The average Bonchev–Trinajstić information content (AvgIpc) is 2.84. The van der Waals surface area contributed by atoms with Crippen molar-refractivity contribution < 1.29 is 4.74 Å². The van der Waals surface area contributed by atoms with Crippen molar-refractivity contribution in [2.45, 2.75) is 39.8 Å². The lowest BCUT2D eigenvalue weighted by Crippen LogP contribution is -2.51. The predicted octanol–water partition coefficient (Wildman–Crippen LogP) is 2.25. The Bertz CT molecular complexity index is 704. The number of morpholine rings is 1. The predicted molar refractivity (Wildman–Crippen MR) is 148 cm³/mol. The molecule has 0 radical (unpaired) electrons. The van der Waals surface area contributed by atoms with E-state index in [0.29, 0.717) is 12.0 Å². The molecule has 1 atom stereocenters. The molecule has 0 spiro atoms. The Morgan fingerprint density at radius 1 is 1.12 bits per heavy atom. The molecule has 2 fully saturated rings. The van der Waals surface area contributed by atoms with E-state index >= 15 is 0 Å². The van der Waals surface area contributed by atoms with E-state index in [1.807, 2.05) is 13.2 Å². The number of nitrogens with one attached hydrogen (secondary N) is 2. The van der Waals surface area contributed by atoms with E-state index in [9.17, 15) is 0 Å². The van der Waals surface area contributed by atoms with Crippen LogP contribution in [-0.2, 0) is 11.3 Å². The van der Waals surface area contributed by atoms with Crippen molar-refractivity contribution in [2.24, 2.45) is 10.9 Å². The fourth-order valence-electron chi connectivity index (χ4n) is 4.51. The van der Waals surface area contributed by atoms with Crippen LogP contribution >= 0.6 is 24.0 Å². The molecule has 9 heteroatoms. The van der Waals surface area contributed by atoms with Gasteiger partial charge in [-0.1, -0.05) is 20.8 Å². The van der Waals surface area contributed by atoms with Crippen molar-refractivity contribution >= 4 is 35.8 Å². The van der Waals surface area contributed by atoms with E-state index < -0.39 is 0 Å². The van der Waals surface area contributed by atoms with Crippen molar-refractivity contribution in [3.05, 3.63) is 23.9 Å². The summed E-state index contributed by atoms with van der Waals surface area (Å²) in [6, 6.07) is 4.78. The van der Waals surface area contributed by atoms with E-state index in [4.69, 9.17) is 4.74 Å². The topological polar surface area (TPSA) is 68.3 Å². The van der Waals surface area contributed by atoms with Crippen LogP contribution in [-0.4, -0.2) is 99.4 Å². The van der Waals surface area contributed by atoms with Gasteiger partial charge in [0.1, 0.15) is 5.82 Å². The van der Waals surface area contributed by atoms with Gasteiger partial charge >= 0.3 is 0 Å². The molecule has 2 saturated heterocycles. The number of likely N-dealkylation sites (N-methyl/N-ethyl adjacent to an activating group) is 1. The number of rotatable bonds is 9. The SMILES string of the molecule is CCN1CCN(c2cc(CNC(=NC)NCC(CC(C)C)N3CCOCC3)ccn2)CC1.I. The van der Waals surface area contributed by atoms with Crippen molar-refractivity contribution in [3.63, 3.8) is 0 Å². The number of guanidine groups is 1. The van der Waals surface area contributed by atoms with Gasteiger partial charge in [0.2, 0.25) is 0 Å². The van der Waals surface area contributed by atoms with Gasteiger partial charge in [0.25, 0.3) is 0 Å². The molecule has 0 aliphatic carbocycles. The molecule has 0 amide bonds. The highest BCUT2D eigenvalue weighted by Gasteiger charge is 2.22. The van der Waals surface area contributed by atoms with E-state index in [0.717, 1.165) is 83.9 Å². The Morgan fingerprint density at radius 3 is 2.48 bits per heavy atom. The summed E-state index contributed by atoms with van der Waals surface area (Å²) in [4.78, 5) is 16.5. The molecule has 1 aromatic heterocycles. The normalized spacial score (nSPS) is 19.3. The third-order valence-electron chi connectivity index (χ3n) is 6.45. The van der Waals surface area contributed by atoms with Crippen molar-refractivity contribution in [1.82, 2.24) is 25.4 Å². The van der Waals surface area contributed by atoms with Crippen LogP contribution in [0.15, 0.2) is 23.3 Å². The Labute approximate surface area is 217 Å². The zero-order valence-corrected chi connectivity index (χ0v) is 23.3. The number of hydrogen-bond acceptors (Lipinski definition) is 6. The van der Waals surface area contributed by atoms with Gasteiger partial charge in [0.05, 0.1) is 13.2 Å². The number of anilines is 1.